The van der Waals surface area contributed by atoms with Gasteiger partial charge in [0.15, 0.2) is 0 Å². The van der Waals surface area contributed by atoms with Gasteiger partial charge in [-0.15, -0.1) is 0 Å². The molecule has 2 amide bonds. The molecular formula is C23H32BrN3O3. The van der Waals surface area contributed by atoms with Crippen molar-refractivity contribution in [2.45, 2.75) is 50.7 Å². The first kappa shape index (κ1) is 21.8. The predicted molar refractivity (Wildman–Crippen MR) is 119 cm³/mol. The van der Waals surface area contributed by atoms with E-state index in [-0.39, 0.29) is 24.0 Å². The Kier molecular flexibility index (Phi) is 7.44. The quantitative estimate of drug-likeness (QED) is 0.683. The third-order valence-corrected chi connectivity index (χ3v) is 7.20. The molecule has 0 radical (unpaired) electrons. The number of amides is 2. The van der Waals surface area contributed by atoms with E-state index in [0.717, 1.165) is 49.9 Å². The van der Waals surface area contributed by atoms with E-state index >= 15 is 0 Å². The standard InChI is InChI=1S/C23H32BrN3O3/c24-19-8-3-7-18(15-19)23(29)27-12-10-26(11-13-27)21(17-5-1-2-6-17)22(28)25-16-20-9-4-14-30-20/h3,7-8,15,17,20-21H,1-2,4-6,9-14,16H2,(H,25,28). The van der Waals surface area contributed by atoms with Crippen molar-refractivity contribution in [2.75, 3.05) is 39.3 Å². The van der Waals surface area contributed by atoms with E-state index in [1.165, 1.54) is 12.8 Å². The van der Waals surface area contributed by atoms with Gasteiger partial charge in [-0.05, 0) is 49.8 Å². The second kappa shape index (κ2) is 10.2. The number of carbonyl (C=O) groups excluding carboxylic acids is 2. The number of piperazine rings is 1. The number of nitrogens with zero attached hydrogens (tertiary/aromatic N) is 2. The van der Waals surface area contributed by atoms with Crippen LogP contribution in [0.5, 0.6) is 0 Å². The van der Waals surface area contributed by atoms with Crippen molar-refractivity contribution in [3.05, 3.63) is 34.3 Å². The minimum atomic E-state index is -0.0861. The van der Waals surface area contributed by atoms with Crippen molar-refractivity contribution < 1.29 is 14.3 Å². The third kappa shape index (κ3) is 5.24. The van der Waals surface area contributed by atoms with E-state index in [4.69, 9.17) is 4.74 Å². The van der Waals surface area contributed by atoms with Gasteiger partial charge in [0.2, 0.25) is 5.91 Å². The maximum Gasteiger partial charge on any atom is 0.253 e. The molecule has 2 atom stereocenters. The van der Waals surface area contributed by atoms with Gasteiger partial charge >= 0.3 is 0 Å². The zero-order chi connectivity index (χ0) is 20.9. The number of hydrogen-bond acceptors (Lipinski definition) is 4. The summed E-state index contributed by atoms with van der Waals surface area (Å²) in [5.41, 5.74) is 0.708. The van der Waals surface area contributed by atoms with E-state index in [9.17, 15) is 9.59 Å². The molecule has 3 aliphatic rings. The van der Waals surface area contributed by atoms with Crippen LogP contribution < -0.4 is 5.32 Å². The fourth-order valence-electron chi connectivity index (χ4n) is 5.08. The molecule has 2 unspecified atom stereocenters. The van der Waals surface area contributed by atoms with Gasteiger partial charge in [-0.2, -0.15) is 0 Å². The molecule has 30 heavy (non-hydrogen) atoms. The third-order valence-electron chi connectivity index (χ3n) is 6.71. The molecule has 0 spiro atoms. The van der Waals surface area contributed by atoms with Crippen LogP contribution in [0.1, 0.15) is 48.9 Å². The lowest BCUT2D eigenvalue weighted by molar-refractivity contribution is -0.129. The van der Waals surface area contributed by atoms with E-state index in [0.29, 0.717) is 31.1 Å². The van der Waals surface area contributed by atoms with E-state index in [1.54, 1.807) is 0 Å². The molecule has 1 N–H and O–H groups in total. The number of rotatable bonds is 6. The van der Waals surface area contributed by atoms with Crippen molar-refractivity contribution in [3.8, 4) is 0 Å². The molecule has 7 heteroatoms. The number of halogens is 1. The van der Waals surface area contributed by atoms with Gasteiger partial charge in [0.1, 0.15) is 0 Å². The van der Waals surface area contributed by atoms with Gasteiger partial charge in [0, 0.05) is 49.4 Å². The maximum absolute atomic E-state index is 13.2. The van der Waals surface area contributed by atoms with Crippen LogP contribution in [0, 0.1) is 5.92 Å². The first-order valence-electron chi connectivity index (χ1n) is 11.3. The number of benzene rings is 1. The Balaban J connectivity index is 1.36. The topological polar surface area (TPSA) is 61.9 Å². The zero-order valence-electron chi connectivity index (χ0n) is 17.5. The van der Waals surface area contributed by atoms with Gasteiger partial charge in [-0.3, -0.25) is 14.5 Å². The van der Waals surface area contributed by atoms with Crippen LogP contribution in [-0.2, 0) is 9.53 Å². The molecule has 1 saturated carbocycles. The smallest absolute Gasteiger partial charge is 0.253 e. The van der Waals surface area contributed by atoms with Crippen LogP contribution in [-0.4, -0.2) is 73.1 Å². The monoisotopic (exact) mass is 477 g/mol. The molecule has 164 valence electrons. The fraction of sp³-hybridized carbons (Fsp3) is 0.652. The zero-order valence-corrected chi connectivity index (χ0v) is 19.1. The van der Waals surface area contributed by atoms with Crippen LogP contribution in [0.4, 0.5) is 0 Å². The molecule has 4 rings (SSSR count). The van der Waals surface area contributed by atoms with E-state index in [1.807, 2.05) is 29.2 Å². The van der Waals surface area contributed by atoms with Gasteiger partial charge in [0.05, 0.1) is 12.1 Å². The molecule has 6 nitrogen and oxygen atoms in total. The number of nitrogens with one attached hydrogen (secondary N) is 1. The van der Waals surface area contributed by atoms with Crippen molar-refractivity contribution in [2.24, 2.45) is 5.92 Å². The Bertz CT molecular complexity index is 739. The van der Waals surface area contributed by atoms with Crippen LogP contribution in [0.15, 0.2) is 28.7 Å². The van der Waals surface area contributed by atoms with E-state index < -0.39 is 0 Å². The minimum Gasteiger partial charge on any atom is -0.376 e. The van der Waals surface area contributed by atoms with E-state index in [2.05, 4.69) is 26.1 Å². The normalized spacial score (nSPS) is 24.2. The summed E-state index contributed by atoms with van der Waals surface area (Å²) in [6.07, 6.45) is 6.94. The van der Waals surface area contributed by atoms with Crippen molar-refractivity contribution in [1.82, 2.24) is 15.1 Å². The molecule has 1 aliphatic carbocycles. The molecule has 1 aromatic carbocycles. The molecule has 0 aromatic heterocycles. The lowest BCUT2D eigenvalue weighted by Gasteiger charge is -2.41. The van der Waals surface area contributed by atoms with Crippen LogP contribution in [0.25, 0.3) is 0 Å². The lowest BCUT2D eigenvalue weighted by atomic mass is 9.94. The molecule has 2 saturated heterocycles. The summed E-state index contributed by atoms with van der Waals surface area (Å²) in [5, 5.41) is 3.17. The summed E-state index contributed by atoms with van der Waals surface area (Å²) in [7, 11) is 0. The highest BCUT2D eigenvalue weighted by Crippen LogP contribution is 2.31. The highest BCUT2D eigenvalue weighted by molar-refractivity contribution is 9.10. The molecule has 0 bridgehead atoms. The van der Waals surface area contributed by atoms with Gasteiger partial charge in [0.25, 0.3) is 5.91 Å². The Morgan fingerprint density at radius 2 is 1.87 bits per heavy atom. The summed E-state index contributed by atoms with van der Waals surface area (Å²) < 4.78 is 6.58. The Labute approximate surface area is 187 Å². The van der Waals surface area contributed by atoms with Crippen molar-refractivity contribution in [1.29, 1.82) is 0 Å². The molecule has 1 aromatic rings. The highest BCUT2D eigenvalue weighted by atomic mass is 79.9. The number of ether oxygens (including phenoxy) is 1. The van der Waals surface area contributed by atoms with Crippen LogP contribution in [0.3, 0.4) is 0 Å². The number of carbonyl (C=O) groups is 2. The second-order valence-corrected chi connectivity index (χ2v) is 9.62. The average Bonchev–Trinajstić information content (AvgIpc) is 3.47. The van der Waals surface area contributed by atoms with Crippen LogP contribution >= 0.6 is 15.9 Å². The van der Waals surface area contributed by atoms with Crippen molar-refractivity contribution >= 4 is 27.7 Å². The minimum absolute atomic E-state index is 0.0659. The molecular weight excluding hydrogens is 446 g/mol. The first-order valence-corrected chi connectivity index (χ1v) is 12.1. The fourth-order valence-corrected chi connectivity index (χ4v) is 5.48. The maximum atomic E-state index is 13.2. The SMILES string of the molecule is O=C(NCC1CCCO1)C(C1CCCC1)N1CCN(C(=O)c2cccc(Br)c2)CC1. The second-order valence-electron chi connectivity index (χ2n) is 8.71. The lowest BCUT2D eigenvalue weighted by Crippen LogP contribution is -2.58. The summed E-state index contributed by atoms with van der Waals surface area (Å²) >= 11 is 3.44. The van der Waals surface area contributed by atoms with Gasteiger partial charge in [-0.25, -0.2) is 0 Å². The summed E-state index contributed by atoms with van der Waals surface area (Å²) in [5.74, 6) is 0.627. The summed E-state index contributed by atoms with van der Waals surface area (Å²) in [4.78, 5) is 30.2. The van der Waals surface area contributed by atoms with Crippen molar-refractivity contribution in [3.63, 3.8) is 0 Å². The Morgan fingerprint density at radius 3 is 2.53 bits per heavy atom. The largest absolute Gasteiger partial charge is 0.376 e. The first-order chi connectivity index (χ1) is 14.6. The van der Waals surface area contributed by atoms with Gasteiger partial charge < -0.3 is 15.0 Å². The Hall–Kier alpha value is -1.44. The Morgan fingerprint density at radius 1 is 1.10 bits per heavy atom. The predicted octanol–water partition coefficient (Wildman–Crippen LogP) is 3.06. The highest BCUT2D eigenvalue weighted by Gasteiger charge is 2.37. The average molecular weight is 478 g/mol. The van der Waals surface area contributed by atoms with Gasteiger partial charge in [-0.1, -0.05) is 34.8 Å². The molecule has 2 heterocycles. The molecule has 2 aliphatic heterocycles. The summed E-state index contributed by atoms with van der Waals surface area (Å²) in [6.45, 7) is 4.23. The van der Waals surface area contributed by atoms with Crippen LogP contribution in [0.2, 0.25) is 0 Å². The number of hydrogen-bond donors (Lipinski definition) is 1. The molecule has 3 fully saturated rings. The summed E-state index contributed by atoms with van der Waals surface area (Å²) in [6, 6.07) is 7.46.